The molecule has 0 fully saturated rings. The van der Waals surface area contributed by atoms with Crippen LogP contribution < -0.4 is 20.2 Å². The van der Waals surface area contributed by atoms with Crippen LogP contribution in [0.4, 0.5) is 0 Å². The molecule has 0 amide bonds. The van der Waals surface area contributed by atoms with Gasteiger partial charge in [0.05, 0.1) is 42.3 Å². The maximum atomic E-state index is 11.9. The van der Waals surface area contributed by atoms with Gasteiger partial charge in [-0.1, -0.05) is 204 Å². The Morgan fingerprint density at radius 3 is 1.00 bits per heavy atom. The summed E-state index contributed by atoms with van der Waals surface area (Å²) in [5.41, 5.74) is 7.27. The zero-order valence-corrected chi connectivity index (χ0v) is 50.0. The van der Waals surface area contributed by atoms with Crippen LogP contribution >= 0.6 is 45.3 Å². The van der Waals surface area contributed by atoms with E-state index in [0.717, 1.165) is 84.5 Å². The zero-order valence-electron chi connectivity index (χ0n) is 43.7. The first-order chi connectivity index (χ1) is 39.3. The summed E-state index contributed by atoms with van der Waals surface area (Å²) in [7, 11) is 0. The Morgan fingerprint density at radius 1 is 0.317 bits per heavy atom. The average Bonchev–Trinajstić information content (AvgIpc) is 4.48. The molecule has 0 bridgehead atoms. The summed E-state index contributed by atoms with van der Waals surface area (Å²) < 4.78 is 4.62. The summed E-state index contributed by atoms with van der Waals surface area (Å²) in [4.78, 5) is 16.3. The van der Waals surface area contributed by atoms with Crippen molar-refractivity contribution < 1.29 is 49.9 Å². The minimum absolute atomic E-state index is 0. The molecule has 0 saturated carbocycles. The topological polar surface area (TPSA) is 141 Å². The second-order valence-electron chi connectivity index (χ2n) is 18.8. The number of phenolic OH excluding ortho intramolecular Hbond substituents is 2. The van der Waals surface area contributed by atoms with Gasteiger partial charge in [-0.2, -0.15) is 9.97 Å². The molecule has 386 valence electrons. The number of phenols is 2. The number of aromatic hydroxyl groups is 2. The molecular weight excluding hydrogens is 1140 g/mol. The van der Waals surface area contributed by atoms with Gasteiger partial charge in [0, 0.05) is 41.4 Å². The smallest absolute Gasteiger partial charge is 0.872 e. The predicted octanol–water partition coefficient (Wildman–Crippen LogP) is 16.5. The molecule has 12 aromatic carbocycles. The molecule has 0 aliphatic heterocycles. The van der Waals surface area contributed by atoms with Crippen LogP contribution in [0.2, 0.25) is 0 Å². The van der Waals surface area contributed by atoms with Crippen molar-refractivity contribution >= 4 is 139 Å². The second-order valence-corrected chi connectivity index (χ2v) is 22.9. The van der Waals surface area contributed by atoms with E-state index in [9.17, 15) is 20.4 Å². The minimum atomic E-state index is 0. The molecule has 0 unspecified atom stereocenters. The van der Waals surface area contributed by atoms with Crippen molar-refractivity contribution in [1.82, 2.24) is 9.97 Å². The number of benzene rings is 12. The van der Waals surface area contributed by atoms with E-state index in [1.165, 1.54) is 41.7 Å². The molecule has 8 nitrogen and oxygen atoms in total. The normalized spacial score (nSPS) is 10.9. The molecule has 82 heavy (non-hydrogen) atoms. The van der Waals surface area contributed by atoms with Crippen molar-refractivity contribution in [2.75, 3.05) is 0 Å². The first-order valence-electron chi connectivity index (χ1n) is 25.6. The van der Waals surface area contributed by atoms with Crippen molar-refractivity contribution in [2.45, 2.75) is 0 Å². The molecule has 0 aliphatic rings. The van der Waals surface area contributed by atoms with E-state index in [2.05, 4.69) is 107 Å². The number of aromatic nitrogens is 4. The molecule has 16 rings (SSSR count). The van der Waals surface area contributed by atoms with Gasteiger partial charge in [0.2, 0.25) is 11.0 Å². The van der Waals surface area contributed by atoms with Crippen molar-refractivity contribution in [3.05, 3.63) is 243 Å². The summed E-state index contributed by atoms with van der Waals surface area (Å²) in [6, 6.07) is 78.8. The molecule has 0 spiro atoms. The third-order valence-electron chi connectivity index (χ3n) is 13.8. The van der Waals surface area contributed by atoms with Gasteiger partial charge in [-0.25, -0.2) is 9.97 Å². The standard InChI is InChI=1S/4C17H11NOS.Be.Zn/c4*19-14-8-4-3-7-13(14)17-18-16-12-6-2-1-5-11(12)9-10-15(16)20-17;;/h4*1-10,19H;;/q;;;;+2;. The number of H-pyrrole nitrogens is 2. The van der Waals surface area contributed by atoms with Crippen LogP contribution in [0, 0.1) is 0 Å². The third kappa shape index (κ3) is 10.9. The van der Waals surface area contributed by atoms with Crippen LogP contribution in [0.15, 0.2) is 243 Å². The van der Waals surface area contributed by atoms with Crippen LogP contribution in [0.1, 0.15) is 0 Å². The molecule has 4 heterocycles. The van der Waals surface area contributed by atoms with Crippen molar-refractivity contribution in [2.24, 2.45) is 0 Å². The van der Waals surface area contributed by atoms with E-state index >= 15 is 0 Å². The number of nitrogens with zero attached hydrogens (tertiary/aromatic N) is 2. The summed E-state index contributed by atoms with van der Waals surface area (Å²) in [6.07, 6.45) is 0. The minimum Gasteiger partial charge on any atom is -0.872 e. The zero-order chi connectivity index (χ0) is 54.1. The van der Waals surface area contributed by atoms with E-state index in [-0.39, 0.29) is 52.6 Å². The van der Waals surface area contributed by atoms with Crippen LogP contribution in [0.25, 0.3) is 126 Å². The number of hydrogen-bond acceptors (Lipinski definition) is 10. The summed E-state index contributed by atoms with van der Waals surface area (Å²) in [5.74, 6) is 0.658. The van der Waals surface area contributed by atoms with E-state index < -0.39 is 0 Å². The third-order valence-corrected chi connectivity index (χ3v) is 18.1. The number of rotatable bonds is 4. The largest absolute Gasteiger partial charge is 2.00 e. The summed E-state index contributed by atoms with van der Waals surface area (Å²) in [5, 5.41) is 56.9. The molecule has 0 aliphatic carbocycles. The van der Waals surface area contributed by atoms with Crippen molar-refractivity contribution in [1.29, 1.82) is 0 Å². The Balaban J connectivity index is 0.000000114. The Hall–Kier alpha value is -8.77. The van der Waals surface area contributed by atoms with Gasteiger partial charge >= 0.3 is 10.1 Å². The number of aromatic amines is 2. The monoisotopic (exact) mass is 1180 g/mol. The fraction of sp³-hybridized carbons (Fsp3) is 0. The van der Waals surface area contributed by atoms with E-state index in [1.807, 2.05) is 109 Å². The number of fused-ring (bicyclic) bond motifs is 12. The van der Waals surface area contributed by atoms with Crippen LogP contribution in [0.3, 0.4) is 0 Å². The van der Waals surface area contributed by atoms with Gasteiger partial charge in [0.25, 0.3) is 10.0 Å². The van der Waals surface area contributed by atoms with E-state index in [0.29, 0.717) is 0 Å². The van der Waals surface area contributed by atoms with Crippen molar-refractivity contribution in [3.63, 3.8) is 0 Å². The molecule has 0 atom stereocenters. The maximum absolute atomic E-state index is 11.9. The second kappa shape index (κ2) is 24.1. The average molecular weight is 1180 g/mol. The van der Waals surface area contributed by atoms with E-state index in [4.69, 9.17) is 9.97 Å². The molecule has 4 N–H and O–H groups in total. The van der Waals surface area contributed by atoms with Gasteiger partial charge in [0.15, 0.2) is 0 Å². The number of hydrogen-bond donors (Lipinski definition) is 2. The van der Waals surface area contributed by atoms with E-state index in [1.54, 1.807) is 81.7 Å². The molecule has 16 aromatic rings. The van der Waals surface area contributed by atoms with Crippen LogP contribution in [-0.4, -0.2) is 30.3 Å². The van der Waals surface area contributed by atoms with Crippen LogP contribution in [0.5, 0.6) is 23.0 Å². The Bertz CT molecular complexity index is 4340. The van der Waals surface area contributed by atoms with Gasteiger partial charge < -0.3 is 20.4 Å². The van der Waals surface area contributed by atoms with Gasteiger partial charge in [-0.3, -0.25) is 0 Å². The van der Waals surface area contributed by atoms with Gasteiger partial charge in [-0.15, -0.1) is 22.7 Å². The fourth-order valence-electron chi connectivity index (χ4n) is 9.84. The molecular formula is C68H44BeN4O4S4Zn+2. The number of thiazole rings is 4. The molecule has 4 aromatic heterocycles. The maximum Gasteiger partial charge on any atom is 2.00 e. The SMILES string of the molecule is Oc1ccccc1-c1nc2c(ccc3ccccc32)s1.Oc1ccccc1-c1nc2c(ccc3ccccc32)s1.[Be+2].[O-]c1ccccc1-c1[nH+]c2c(ccc3ccccc32)s1.[O-]c1ccccc1-c1[nH+]c2c(ccc3ccccc32)s1.[Zn]. The summed E-state index contributed by atoms with van der Waals surface area (Å²) >= 11 is 6.46. The number of para-hydroxylation sites is 4. The van der Waals surface area contributed by atoms with Gasteiger partial charge in [-0.05, 0) is 94.3 Å². The van der Waals surface area contributed by atoms with Crippen molar-refractivity contribution in [3.8, 4) is 65.3 Å². The predicted molar refractivity (Wildman–Crippen MR) is 336 cm³/mol. The first-order valence-corrected chi connectivity index (χ1v) is 28.9. The van der Waals surface area contributed by atoms with Crippen LogP contribution in [-0.2, 0) is 19.5 Å². The summed E-state index contributed by atoms with van der Waals surface area (Å²) in [6.45, 7) is 0. The Morgan fingerprint density at radius 2 is 0.622 bits per heavy atom. The molecule has 0 saturated heterocycles. The first kappa shape index (κ1) is 55.2. The quantitative estimate of drug-likeness (QED) is 0.168. The number of nitrogens with one attached hydrogen (secondary N) is 2. The fourth-order valence-corrected chi connectivity index (χ4v) is 14.0. The Kier molecular flexibility index (Phi) is 16.2. The molecule has 0 radical (unpaired) electrons. The molecule has 14 heteroatoms. The van der Waals surface area contributed by atoms with Gasteiger partial charge in [0.1, 0.15) is 30.9 Å². The Labute approximate surface area is 503 Å².